The zero-order valence-corrected chi connectivity index (χ0v) is 12.0. The van der Waals surface area contributed by atoms with Crippen LogP contribution in [0, 0.1) is 5.92 Å². The summed E-state index contributed by atoms with van der Waals surface area (Å²) in [5, 5.41) is 10.3. The highest BCUT2D eigenvalue weighted by Gasteiger charge is 2.25. The van der Waals surface area contributed by atoms with E-state index in [1.54, 1.807) is 0 Å². The van der Waals surface area contributed by atoms with E-state index in [2.05, 4.69) is 31.9 Å². The van der Waals surface area contributed by atoms with Gasteiger partial charge in [0.1, 0.15) is 0 Å². The second kappa shape index (κ2) is 5.63. The molecule has 1 heterocycles. The molecule has 1 N–H and O–H groups in total. The minimum atomic E-state index is -0.442. The Hall–Kier alpha value is 0.1000. The van der Waals surface area contributed by atoms with Gasteiger partial charge in [-0.05, 0) is 30.5 Å². The Kier molecular flexibility index (Phi) is 4.41. The fourth-order valence-corrected chi connectivity index (χ4v) is 3.29. The summed E-state index contributed by atoms with van der Waals surface area (Å²) in [6, 6.07) is 5.86. The van der Waals surface area contributed by atoms with Gasteiger partial charge in [0, 0.05) is 21.5 Å². The minimum absolute atomic E-state index is 0.214. The number of aliphatic hydroxyl groups is 1. The van der Waals surface area contributed by atoms with Gasteiger partial charge in [0.05, 0.1) is 12.7 Å². The van der Waals surface area contributed by atoms with Gasteiger partial charge in [-0.1, -0.05) is 37.9 Å². The Labute approximate surface area is 112 Å². The molecule has 1 fully saturated rings. The summed E-state index contributed by atoms with van der Waals surface area (Å²) >= 11 is 6.89. The van der Waals surface area contributed by atoms with E-state index >= 15 is 0 Å². The molecule has 0 radical (unpaired) electrons. The first kappa shape index (κ1) is 12.6. The first-order valence-electron chi connectivity index (χ1n) is 5.39. The van der Waals surface area contributed by atoms with Crippen molar-refractivity contribution in [2.45, 2.75) is 18.9 Å². The molecule has 2 nitrogen and oxygen atoms in total. The zero-order valence-electron chi connectivity index (χ0n) is 8.83. The highest BCUT2D eigenvalue weighted by Crippen LogP contribution is 2.34. The molecule has 1 aliphatic heterocycles. The topological polar surface area (TPSA) is 29.5 Å². The van der Waals surface area contributed by atoms with E-state index in [-0.39, 0.29) is 5.92 Å². The molecule has 4 heteroatoms. The summed E-state index contributed by atoms with van der Waals surface area (Å²) in [4.78, 5) is 0. The Morgan fingerprint density at radius 2 is 2.19 bits per heavy atom. The van der Waals surface area contributed by atoms with E-state index in [4.69, 9.17) is 4.74 Å². The van der Waals surface area contributed by atoms with Crippen LogP contribution >= 0.6 is 31.9 Å². The lowest BCUT2D eigenvalue weighted by molar-refractivity contribution is -0.0102. The number of ether oxygens (including phenoxy) is 1. The fourth-order valence-electron chi connectivity index (χ4n) is 2.01. The average Bonchev–Trinajstić information content (AvgIpc) is 2.29. The fraction of sp³-hybridized carbons (Fsp3) is 0.500. The maximum atomic E-state index is 10.3. The molecule has 88 valence electrons. The van der Waals surface area contributed by atoms with Crippen molar-refractivity contribution in [2.24, 2.45) is 5.92 Å². The molecule has 0 amide bonds. The number of halogens is 2. The molecule has 0 bridgehead atoms. The molecule has 0 spiro atoms. The van der Waals surface area contributed by atoms with Gasteiger partial charge < -0.3 is 9.84 Å². The lowest BCUT2D eigenvalue weighted by atomic mass is 9.91. The van der Waals surface area contributed by atoms with Crippen LogP contribution in [0.1, 0.15) is 24.5 Å². The van der Waals surface area contributed by atoms with Crippen LogP contribution in [0.3, 0.4) is 0 Å². The smallest absolute Gasteiger partial charge is 0.0851 e. The summed E-state index contributed by atoms with van der Waals surface area (Å²) in [5.74, 6) is 0.214. The molecule has 2 unspecified atom stereocenters. The first-order chi connectivity index (χ1) is 7.68. The van der Waals surface area contributed by atoms with Crippen LogP contribution in [0.25, 0.3) is 0 Å². The van der Waals surface area contributed by atoms with Gasteiger partial charge in [-0.15, -0.1) is 0 Å². The number of aliphatic hydroxyl groups excluding tert-OH is 1. The number of hydrogen-bond donors (Lipinski definition) is 1. The summed E-state index contributed by atoms with van der Waals surface area (Å²) in [7, 11) is 0. The van der Waals surface area contributed by atoms with Gasteiger partial charge in [0.25, 0.3) is 0 Å². The second-order valence-electron chi connectivity index (χ2n) is 4.09. The molecule has 16 heavy (non-hydrogen) atoms. The van der Waals surface area contributed by atoms with E-state index in [1.807, 2.05) is 18.2 Å². The summed E-state index contributed by atoms with van der Waals surface area (Å²) in [6.45, 7) is 1.48. The van der Waals surface area contributed by atoms with Crippen LogP contribution in [-0.2, 0) is 4.74 Å². The number of benzene rings is 1. The van der Waals surface area contributed by atoms with Crippen molar-refractivity contribution in [2.75, 3.05) is 13.2 Å². The largest absolute Gasteiger partial charge is 0.388 e. The summed E-state index contributed by atoms with van der Waals surface area (Å²) in [6.07, 6.45) is 1.63. The van der Waals surface area contributed by atoms with Crippen molar-refractivity contribution in [3.63, 3.8) is 0 Å². The maximum Gasteiger partial charge on any atom is 0.0851 e. The van der Waals surface area contributed by atoms with Gasteiger partial charge in [-0.25, -0.2) is 0 Å². The summed E-state index contributed by atoms with van der Waals surface area (Å²) < 4.78 is 7.36. The lowest BCUT2D eigenvalue weighted by Gasteiger charge is -2.27. The summed E-state index contributed by atoms with van der Waals surface area (Å²) in [5.41, 5.74) is 0.943. The van der Waals surface area contributed by atoms with Crippen LogP contribution < -0.4 is 0 Å². The van der Waals surface area contributed by atoms with Gasteiger partial charge >= 0.3 is 0 Å². The standard InChI is InChI=1S/C12H14Br2O2/c13-9-3-4-10(11(14)6-9)12(15)8-2-1-5-16-7-8/h3-4,6,8,12,15H,1-2,5,7H2. The van der Waals surface area contributed by atoms with Crippen LogP contribution in [-0.4, -0.2) is 18.3 Å². The third-order valence-corrected chi connectivity index (χ3v) is 4.10. The molecule has 0 saturated carbocycles. The normalized spacial score (nSPS) is 23.1. The van der Waals surface area contributed by atoms with Crippen LogP contribution in [0.4, 0.5) is 0 Å². The monoisotopic (exact) mass is 348 g/mol. The van der Waals surface area contributed by atoms with Crippen LogP contribution in [0.15, 0.2) is 27.1 Å². The van der Waals surface area contributed by atoms with Crippen molar-refractivity contribution in [1.82, 2.24) is 0 Å². The molecule has 0 aromatic heterocycles. The molecule has 1 aromatic carbocycles. The molecular formula is C12H14Br2O2. The SMILES string of the molecule is OC(c1ccc(Br)cc1Br)C1CCCOC1. The van der Waals surface area contributed by atoms with E-state index in [9.17, 15) is 5.11 Å². The van der Waals surface area contributed by atoms with Crippen molar-refractivity contribution in [1.29, 1.82) is 0 Å². The Morgan fingerprint density at radius 1 is 1.38 bits per heavy atom. The first-order valence-corrected chi connectivity index (χ1v) is 6.98. The average molecular weight is 350 g/mol. The molecule has 2 atom stereocenters. The highest BCUT2D eigenvalue weighted by atomic mass is 79.9. The molecule has 1 aliphatic rings. The van der Waals surface area contributed by atoms with Crippen molar-refractivity contribution in [3.05, 3.63) is 32.7 Å². The van der Waals surface area contributed by atoms with Gasteiger partial charge in [0.2, 0.25) is 0 Å². The Bertz CT molecular complexity index is 362. The molecular weight excluding hydrogens is 336 g/mol. The van der Waals surface area contributed by atoms with Crippen molar-refractivity contribution < 1.29 is 9.84 Å². The van der Waals surface area contributed by atoms with E-state index in [0.717, 1.165) is 34.0 Å². The Balaban J connectivity index is 2.15. The second-order valence-corrected chi connectivity index (χ2v) is 5.86. The van der Waals surface area contributed by atoms with E-state index < -0.39 is 6.10 Å². The minimum Gasteiger partial charge on any atom is -0.388 e. The highest BCUT2D eigenvalue weighted by molar-refractivity contribution is 9.11. The van der Waals surface area contributed by atoms with Crippen LogP contribution in [0.2, 0.25) is 0 Å². The Morgan fingerprint density at radius 3 is 2.81 bits per heavy atom. The van der Waals surface area contributed by atoms with Crippen molar-refractivity contribution in [3.8, 4) is 0 Å². The third-order valence-electron chi connectivity index (χ3n) is 2.92. The van der Waals surface area contributed by atoms with Crippen LogP contribution in [0.5, 0.6) is 0 Å². The molecule has 1 saturated heterocycles. The van der Waals surface area contributed by atoms with E-state index in [1.165, 1.54) is 0 Å². The predicted octanol–water partition coefficient (Wildman–Crippen LogP) is 3.67. The van der Waals surface area contributed by atoms with Gasteiger partial charge in [0.15, 0.2) is 0 Å². The zero-order chi connectivity index (χ0) is 11.5. The van der Waals surface area contributed by atoms with Crippen molar-refractivity contribution >= 4 is 31.9 Å². The number of hydrogen-bond acceptors (Lipinski definition) is 2. The molecule has 1 aromatic rings. The predicted molar refractivity (Wildman–Crippen MR) is 70.3 cm³/mol. The quantitative estimate of drug-likeness (QED) is 0.882. The van der Waals surface area contributed by atoms with Gasteiger partial charge in [-0.3, -0.25) is 0 Å². The molecule has 2 rings (SSSR count). The molecule has 0 aliphatic carbocycles. The van der Waals surface area contributed by atoms with Gasteiger partial charge in [-0.2, -0.15) is 0 Å². The maximum absolute atomic E-state index is 10.3. The lowest BCUT2D eigenvalue weighted by Crippen LogP contribution is -2.23. The third kappa shape index (κ3) is 2.86. The van der Waals surface area contributed by atoms with E-state index in [0.29, 0.717) is 6.61 Å². The number of rotatable bonds is 2.